The number of amides is 2. The average molecular weight is 629 g/mol. The predicted molar refractivity (Wildman–Crippen MR) is 164 cm³/mol. The van der Waals surface area contributed by atoms with Crippen LogP contribution in [0.25, 0.3) is 0 Å². The van der Waals surface area contributed by atoms with Crippen molar-refractivity contribution in [2.45, 2.75) is 50.6 Å². The molecule has 226 valence electrons. The molecule has 0 aliphatic carbocycles. The van der Waals surface area contributed by atoms with Crippen LogP contribution in [0.3, 0.4) is 0 Å². The zero-order valence-corrected chi connectivity index (χ0v) is 25.8. The standard InChI is InChI=1S/C32H32Cl2FN3O5/c1-31(2,3)15-24-32(19-11-10-17(33)14-22(19)37-30(32)41)25(18-7-6-8-20(34)26(18)35)27(38-24)28(39)36-21-12-9-16(29(40)43-5)13-23(21)42-4/h6-14,24-25,27,38H,15H2,1-5H3,(H,36,39)(H,37,41)/t24-,25?,27+,32+/m0/s1. The molecule has 2 aliphatic rings. The molecule has 3 N–H and O–H groups in total. The van der Waals surface area contributed by atoms with E-state index in [1.807, 2.05) is 20.8 Å². The lowest BCUT2D eigenvalue weighted by molar-refractivity contribution is -0.122. The smallest absolute Gasteiger partial charge is 0.337 e. The first-order chi connectivity index (χ1) is 20.3. The lowest BCUT2D eigenvalue weighted by atomic mass is 9.62. The summed E-state index contributed by atoms with van der Waals surface area (Å²) in [5, 5.41) is 9.56. The molecule has 4 atom stereocenters. The molecular weight excluding hydrogens is 596 g/mol. The van der Waals surface area contributed by atoms with Crippen molar-refractivity contribution in [2.24, 2.45) is 5.41 Å². The maximum Gasteiger partial charge on any atom is 0.337 e. The van der Waals surface area contributed by atoms with Gasteiger partial charge in [0.15, 0.2) is 0 Å². The van der Waals surface area contributed by atoms with E-state index in [0.29, 0.717) is 22.7 Å². The largest absolute Gasteiger partial charge is 0.495 e. The predicted octanol–water partition coefficient (Wildman–Crippen LogP) is 6.32. The summed E-state index contributed by atoms with van der Waals surface area (Å²) in [7, 11) is 2.67. The molecule has 3 aromatic carbocycles. The minimum absolute atomic E-state index is 0.124. The van der Waals surface area contributed by atoms with Crippen LogP contribution < -0.4 is 20.7 Å². The number of fused-ring (bicyclic) bond motifs is 2. The summed E-state index contributed by atoms with van der Waals surface area (Å²) < 4.78 is 26.2. The van der Waals surface area contributed by atoms with Crippen molar-refractivity contribution in [3.8, 4) is 5.75 Å². The van der Waals surface area contributed by atoms with Gasteiger partial charge in [0.05, 0.1) is 36.5 Å². The lowest BCUT2D eigenvalue weighted by Crippen LogP contribution is -2.49. The first-order valence-corrected chi connectivity index (χ1v) is 14.5. The van der Waals surface area contributed by atoms with Crippen molar-refractivity contribution < 1.29 is 28.2 Å². The lowest BCUT2D eigenvalue weighted by Gasteiger charge is -2.37. The summed E-state index contributed by atoms with van der Waals surface area (Å²) in [4.78, 5) is 40.5. The number of ether oxygens (including phenoxy) is 2. The van der Waals surface area contributed by atoms with Crippen LogP contribution in [0.5, 0.6) is 5.75 Å². The van der Waals surface area contributed by atoms with Gasteiger partial charge in [-0.25, -0.2) is 9.18 Å². The summed E-state index contributed by atoms with van der Waals surface area (Å²) in [6.07, 6.45) is 0.474. The van der Waals surface area contributed by atoms with Crippen LogP contribution in [0.1, 0.15) is 54.6 Å². The first-order valence-electron chi connectivity index (χ1n) is 13.7. The summed E-state index contributed by atoms with van der Waals surface area (Å²) in [5.74, 6) is -2.96. The third kappa shape index (κ3) is 5.34. The second-order valence-corrected chi connectivity index (χ2v) is 12.8. The molecule has 1 unspecified atom stereocenters. The Balaban J connectivity index is 1.68. The van der Waals surface area contributed by atoms with E-state index < -0.39 is 41.1 Å². The number of halogens is 3. The van der Waals surface area contributed by atoms with Gasteiger partial charge in [0, 0.05) is 22.7 Å². The highest BCUT2D eigenvalue weighted by molar-refractivity contribution is 6.31. The number of benzene rings is 3. The minimum Gasteiger partial charge on any atom is -0.495 e. The fourth-order valence-electron chi connectivity index (χ4n) is 6.40. The van der Waals surface area contributed by atoms with E-state index in [4.69, 9.17) is 32.7 Å². The Labute approximate surface area is 259 Å². The van der Waals surface area contributed by atoms with Crippen molar-refractivity contribution in [1.29, 1.82) is 0 Å². The topological polar surface area (TPSA) is 106 Å². The van der Waals surface area contributed by atoms with Crippen molar-refractivity contribution in [2.75, 3.05) is 24.9 Å². The van der Waals surface area contributed by atoms with Crippen LogP contribution in [0, 0.1) is 11.2 Å². The normalized spacial score (nSPS) is 22.7. The van der Waals surface area contributed by atoms with Gasteiger partial charge < -0.3 is 25.4 Å². The van der Waals surface area contributed by atoms with Crippen LogP contribution in [0.15, 0.2) is 54.6 Å². The summed E-state index contributed by atoms with van der Waals surface area (Å²) >= 11 is 12.6. The Kier molecular flexibility index (Phi) is 8.19. The van der Waals surface area contributed by atoms with E-state index in [-0.39, 0.29) is 38.9 Å². The van der Waals surface area contributed by atoms with E-state index in [0.717, 1.165) is 0 Å². The molecule has 2 aliphatic heterocycles. The molecule has 0 bridgehead atoms. The Bertz CT molecular complexity index is 1620. The van der Waals surface area contributed by atoms with Gasteiger partial charge >= 0.3 is 5.97 Å². The second kappa shape index (κ2) is 11.4. The highest BCUT2D eigenvalue weighted by atomic mass is 35.5. The highest BCUT2D eigenvalue weighted by Crippen LogP contribution is 2.57. The minimum atomic E-state index is -1.39. The maximum atomic E-state index is 16.0. The molecule has 1 spiro atoms. The third-order valence-electron chi connectivity index (χ3n) is 8.10. The van der Waals surface area contributed by atoms with Crippen molar-refractivity contribution >= 4 is 52.4 Å². The molecule has 1 fully saturated rings. The quantitative estimate of drug-likeness (QED) is 0.276. The van der Waals surface area contributed by atoms with E-state index >= 15 is 4.39 Å². The van der Waals surface area contributed by atoms with Crippen LogP contribution in [-0.4, -0.2) is 44.1 Å². The van der Waals surface area contributed by atoms with Gasteiger partial charge in [-0.05, 0) is 59.4 Å². The van der Waals surface area contributed by atoms with Crippen molar-refractivity contribution in [3.63, 3.8) is 0 Å². The van der Waals surface area contributed by atoms with Gasteiger partial charge in [0.2, 0.25) is 11.8 Å². The molecule has 1 saturated heterocycles. The number of nitrogens with one attached hydrogen (secondary N) is 3. The molecule has 0 radical (unpaired) electrons. The van der Waals surface area contributed by atoms with Crippen LogP contribution in [-0.2, 0) is 19.7 Å². The molecule has 3 aromatic rings. The monoisotopic (exact) mass is 627 g/mol. The number of carbonyl (C=O) groups is 3. The fraction of sp³-hybridized carbons (Fsp3) is 0.344. The molecule has 0 aromatic heterocycles. The highest BCUT2D eigenvalue weighted by Gasteiger charge is 2.66. The zero-order valence-electron chi connectivity index (χ0n) is 24.3. The number of rotatable bonds is 6. The van der Waals surface area contributed by atoms with Gasteiger partial charge in [0.25, 0.3) is 0 Å². The Morgan fingerprint density at radius 2 is 1.81 bits per heavy atom. The van der Waals surface area contributed by atoms with Crippen molar-refractivity contribution in [3.05, 3.63) is 87.2 Å². The Morgan fingerprint density at radius 1 is 1.07 bits per heavy atom. The molecular formula is C32H32Cl2FN3O5. The van der Waals surface area contributed by atoms with Gasteiger partial charge in [-0.15, -0.1) is 0 Å². The van der Waals surface area contributed by atoms with E-state index in [9.17, 15) is 14.4 Å². The summed E-state index contributed by atoms with van der Waals surface area (Å²) in [5.41, 5.74) is 0.0914. The van der Waals surface area contributed by atoms with E-state index in [1.165, 1.54) is 38.5 Å². The number of anilines is 2. The fourth-order valence-corrected chi connectivity index (χ4v) is 6.76. The third-order valence-corrected chi connectivity index (χ3v) is 8.63. The molecule has 8 nitrogen and oxygen atoms in total. The molecule has 11 heteroatoms. The van der Waals surface area contributed by atoms with Gasteiger partial charge in [0.1, 0.15) is 17.0 Å². The molecule has 2 amide bonds. The van der Waals surface area contributed by atoms with Crippen LogP contribution in [0.4, 0.5) is 15.8 Å². The number of hydrogen-bond acceptors (Lipinski definition) is 6. The molecule has 5 rings (SSSR count). The van der Waals surface area contributed by atoms with Gasteiger partial charge in [-0.3, -0.25) is 9.59 Å². The summed E-state index contributed by atoms with van der Waals surface area (Å²) in [6, 6.07) is 12.5. The van der Waals surface area contributed by atoms with Gasteiger partial charge in [-0.2, -0.15) is 0 Å². The number of hydrogen-bond donors (Lipinski definition) is 3. The Morgan fingerprint density at radius 3 is 2.49 bits per heavy atom. The SMILES string of the molecule is COC(=O)c1ccc(NC(=O)[C@@H]2N[C@@H](CC(C)(C)C)[C@@]3(C(=O)Nc4cc(Cl)ccc43)C2c2cccc(Cl)c2F)c(OC)c1. The van der Waals surface area contributed by atoms with Crippen LogP contribution >= 0.6 is 23.2 Å². The molecule has 2 heterocycles. The molecule has 43 heavy (non-hydrogen) atoms. The average Bonchev–Trinajstić information content (AvgIpc) is 3.43. The van der Waals surface area contributed by atoms with Crippen LogP contribution in [0.2, 0.25) is 10.0 Å². The van der Waals surface area contributed by atoms with Gasteiger partial charge in [-0.1, -0.05) is 62.2 Å². The molecule has 0 saturated carbocycles. The maximum absolute atomic E-state index is 16.0. The number of methoxy groups -OCH3 is 2. The first kappa shape index (κ1) is 30.8. The number of carbonyl (C=O) groups excluding carboxylic acids is 3. The van der Waals surface area contributed by atoms with E-state index in [1.54, 1.807) is 30.3 Å². The number of esters is 1. The summed E-state index contributed by atoms with van der Waals surface area (Å²) in [6.45, 7) is 6.11. The van der Waals surface area contributed by atoms with E-state index in [2.05, 4.69) is 16.0 Å². The Hall–Kier alpha value is -3.66. The second-order valence-electron chi connectivity index (χ2n) is 12.0. The zero-order chi connectivity index (χ0) is 31.3. The van der Waals surface area contributed by atoms with Crippen molar-refractivity contribution in [1.82, 2.24) is 5.32 Å².